The number of aryl methyl sites for hydroxylation is 1. The fourth-order valence-electron chi connectivity index (χ4n) is 3.66. The van der Waals surface area contributed by atoms with Gasteiger partial charge in [-0.2, -0.15) is 9.41 Å². The van der Waals surface area contributed by atoms with E-state index < -0.39 is 22.5 Å². The van der Waals surface area contributed by atoms with Crippen molar-refractivity contribution in [2.75, 3.05) is 6.54 Å². The first-order chi connectivity index (χ1) is 17.2. The molecule has 0 saturated heterocycles. The highest BCUT2D eigenvalue weighted by molar-refractivity contribution is 7.89. The number of fused-ring (bicyclic) bond motifs is 1. The van der Waals surface area contributed by atoms with E-state index in [1.54, 1.807) is 24.3 Å². The van der Waals surface area contributed by atoms with Crippen molar-refractivity contribution < 1.29 is 13.2 Å². The summed E-state index contributed by atoms with van der Waals surface area (Å²) in [5, 5.41) is 6.82. The van der Waals surface area contributed by atoms with Crippen LogP contribution in [-0.4, -0.2) is 31.4 Å². The Morgan fingerprint density at radius 2 is 1.69 bits per heavy atom. The molecule has 0 bridgehead atoms. The van der Waals surface area contributed by atoms with Crippen LogP contribution < -0.4 is 5.43 Å². The Morgan fingerprint density at radius 1 is 0.972 bits per heavy atom. The molecule has 4 rings (SSSR count). The minimum absolute atomic E-state index is 0.0743. The molecule has 0 aliphatic rings. The smallest absolute Gasteiger partial charge is 0.255 e. The molecule has 9 heteroatoms. The molecular weight excluding hydrogens is 517 g/mol. The molecule has 0 aromatic heterocycles. The SMILES string of the molecule is Cc1ccc(S(=O)(=O)N(CC(=O)N/N=C\c2cccc3ccccc23)Cc2ccc(Cl)cc2Cl)cc1. The Hall–Kier alpha value is -3.23. The molecule has 0 heterocycles. The molecule has 0 radical (unpaired) electrons. The molecule has 0 aliphatic heterocycles. The zero-order valence-electron chi connectivity index (χ0n) is 19.4. The number of rotatable bonds is 8. The summed E-state index contributed by atoms with van der Waals surface area (Å²) in [5.41, 5.74) is 4.70. The maximum absolute atomic E-state index is 13.4. The van der Waals surface area contributed by atoms with Crippen LogP contribution in [0.25, 0.3) is 10.8 Å². The molecule has 1 N–H and O–H groups in total. The number of carbonyl (C=O) groups is 1. The predicted octanol–water partition coefficient (Wildman–Crippen LogP) is 5.80. The molecule has 184 valence electrons. The van der Waals surface area contributed by atoms with Crippen molar-refractivity contribution in [1.82, 2.24) is 9.73 Å². The molecule has 0 atom stereocenters. The van der Waals surface area contributed by atoms with E-state index in [2.05, 4.69) is 10.5 Å². The van der Waals surface area contributed by atoms with Crippen molar-refractivity contribution in [2.24, 2.45) is 5.10 Å². The Bertz CT molecular complexity index is 1530. The van der Waals surface area contributed by atoms with Crippen LogP contribution >= 0.6 is 23.2 Å². The van der Waals surface area contributed by atoms with Gasteiger partial charge >= 0.3 is 0 Å². The largest absolute Gasteiger partial charge is 0.272 e. The van der Waals surface area contributed by atoms with Crippen molar-refractivity contribution in [3.63, 3.8) is 0 Å². The summed E-state index contributed by atoms with van der Waals surface area (Å²) in [7, 11) is -4.01. The standard InChI is InChI=1S/C27H23Cl2N3O3S/c1-19-9-13-24(14-10-19)36(34,35)32(17-22-11-12-23(28)15-26(22)29)18-27(33)31-30-16-21-7-4-6-20-5-2-3-8-25(20)21/h2-16H,17-18H2,1H3,(H,31,33)/b30-16-. The van der Waals surface area contributed by atoms with Gasteiger partial charge in [-0.1, -0.05) is 89.4 Å². The van der Waals surface area contributed by atoms with Crippen LogP contribution in [-0.2, 0) is 21.4 Å². The molecule has 36 heavy (non-hydrogen) atoms. The normalized spacial score (nSPS) is 11.9. The van der Waals surface area contributed by atoms with E-state index in [0.29, 0.717) is 15.6 Å². The Kier molecular flexibility index (Phi) is 8.06. The van der Waals surface area contributed by atoms with Gasteiger partial charge in [-0.3, -0.25) is 4.79 Å². The molecule has 0 spiro atoms. The Balaban J connectivity index is 1.56. The number of amides is 1. The second kappa shape index (κ2) is 11.2. The van der Waals surface area contributed by atoms with Crippen molar-refractivity contribution in [2.45, 2.75) is 18.4 Å². The predicted molar refractivity (Wildman–Crippen MR) is 145 cm³/mol. The third-order valence-corrected chi connectivity index (χ3v) is 7.95. The van der Waals surface area contributed by atoms with Crippen LogP contribution in [0.3, 0.4) is 0 Å². The fraction of sp³-hybridized carbons (Fsp3) is 0.111. The molecule has 0 unspecified atom stereocenters. The van der Waals surface area contributed by atoms with Crippen LogP contribution in [0.2, 0.25) is 10.0 Å². The van der Waals surface area contributed by atoms with Gasteiger partial charge in [0.15, 0.2) is 0 Å². The lowest BCUT2D eigenvalue weighted by atomic mass is 10.1. The van der Waals surface area contributed by atoms with Crippen molar-refractivity contribution in [1.29, 1.82) is 0 Å². The van der Waals surface area contributed by atoms with E-state index in [-0.39, 0.29) is 11.4 Å². The van der Waals surface area contributed by atoms with Crippen LogP contribution in [0.15, 0.2) is 94.9 Å². The summed E-state index contributed by atoms with van der Waals surface area (Å²) in [5.74, 6) is -0.591. The summed E-state index contributed by atoms with van der Waals surface area (Å²) in [4.78, 5) is 12.9. The van der Waals surface area contributed by atoms with Crippen LogP contribution in [0.4, 0.5) is 0 Å². The van der Waals surface area contributed by atoms with Gasteiger partial charge in [0.25, 0.3) is 5.91 Å². The summed E-state index contributed by atoms with van der Waals surface area (Å²) in [6.45, 7) is 1.29. The molecule has 6 nitrogen and oxygen atoms in total. The second-order valence-corrected chi connectivity index (χ2v) is 11.0. The molecule has 4 aromatic rings. The third kappa shape index (κ3) is 6.12. The highest BCUT2D eigenvalue weighted by atomic mass is 35.5. The van der Waals surface area contributed by atoms with Gasteiger partial charge in [-0.05, 0) is 47.5 Å². The Labute approximate surface area is 220 Å². The van der Waals surface area contributed by atoms with E-state index in [1.807, 2.05) is 49.4 Å². The summed E-state index contributed by atoms with van der Waals surface area (Å²) >= 11 is 12.3. The van der Waals surface area contributed by atoms with Gasteiger partial charge in [-0.15, -0.1) is 0 Å². The number of hydrogen-bond acceptors (Lipinski definition) is 4. The number of carbonyl (C=O) groups excluding carboxylic acids is 1. The number of hydrazone groups is 1. The lowest BCUT2D eigenvalue weighted by molar-refractivity contribution is -0.121. The van der Waals surface area contributed by atoms with E-state index in [9.17, 15) is 13.2 Å². The first-order valence-electron chi connectivity index (χ1n) is 11.0. The summed E-state index contributed by atoms with van der Waals surface area (Å²) < 4.78 is 27.9. The number of hydrogen-bond donors (Lipinski definition) is 1. The van der Waals surface area contributed by atoms with Crippen molar-refractivity contribution in [3.8, 4) is 0 Å². The first kappa shape index (κ1) is 25.9. The molecule has 0 saturated carbocycles. The van der Waals surface area contributed by atoms with Crippen LogP contribution in [0.1, 0.15) is 16.7 Å². The average molecular weight is 540 g/mol. The highest BCUT2D eigenvalue weighted by Crippen LogP contribution is 2.25. The molecule has 1 amide bonds. The quantitative estimate of drug-likeness (QED) is 0.227. The van der Waals surface area contributed by atoms with Gasteiger partial charge in [0.05, 0.1) is 17.7 Å². The fourth-order valence-corrected chi connectivity index (χ4v) is 5.50. The van der Waals surface area contributed by atoms with E-state index in [1.165, 1.54) is 24.4 Å². The molecule has 0 fully saturated rings. The van der Waals surface area contributed by atoms with Gasteiger partial charge in [0.2, 0.25) is 10.0 Å². The van der Waals surface area contributed by atoms with Gasteiger partial charge in [0.1, 0.15) is 0 Å². The van der Waals surface area contributed by atoms with Gasteiger partial charge < -0.3 is 0 Å². The lowest BCUT2D eigenvalue weighted by Crippen LogP contribution is -2.39. The van der Waals surface area contributed by atoms with Crippen molar-refractivity contribution in [3.05, 3.63) is 112 Å². The second-order valence-electron chi connectivity index (χ2n) is 8.18. The average Bonchev–Trinajstić information content (AvgIpc) is 2.85. The monoisotopic (exact) mass is 539 g/mol. The summed E-state index contributed by atoms with van der Waals surface area (Å²) in [6.07, 6.45) is 1.54. The number of sulfonamides is 1. The zero-order valence-corrected chi connectivity index (χ0v) is 21.7. The highest BCUT2D eigenvalue weighted by Gasteiger charge is 2.27. The maximum Gasteiger partial charge on any atom is 0.255 e. The number of benzene rings is 4. The topological polar surface area (TPSA) is 78.8 Å². The van der Waals surface area contributed by atoms with E-state index in [0.717, 1.165) is 26.2 Å². The maximum atomic E-state index is 13.4. The number of halogens is 2. The van der Waals surface area contributed by atoms with Crippen LogP contribution in [0, 0.1) is 6.92 Å². The lowest BCUT2D eigenvalue weighted by Gasteiger charge is -2.22. The first-order valence-corrected chi connectivity index (χ1v) is 13.2. The van der Waals surface area contributed by atoms with Gasteiger partial charge in [-0.25, -0.2) is 13.8 Å². The Morgan fingerprint density at radius 3 is 2.44 bits per heavy atom. The third-order valence-electron chi connectivity index (χ3n) is 5.56. The zero-order chi connectivity index (χ0) is 25.7. The minimum Gasteiger partial charge on any atom is -0.272 e. The molecule has 4 aromatic carbocycles. The number of nitrogens with zero attached hydrogens (tertiary/aromatic N) is 2. The van der Waals surface area contributed by atoms with Crippen molar-refractivity contribution >= 4 is 56.1 Å². The summed E-state index contributed by atoms with van der Waals surface area (Å²) in [6, 6.07) is 24.8. The van der Waals surface area contributed by atoms with E-state index >= 15 is 0 Å². The number of nitrogens with one attached hydrogen (secondary N) is 1. The minimum atomic E-state index is -4.01. The molecular formula is C27H23Cl2N3O3S. The van der Waals surface area contributed by atoms with E-state index in [4.69, 9.17) is 23.2 Å². The van der Waals surface area contributed by atoms with Crippen LogP contribution in [0.5, 0.6) is 0 Å². The molecule has 0 aliphatic carbocycles. The van der Waals surface area contributed by atoms with Gasteiger partial charge in [0, 0.05) is 22.2 Å².